The quantitative estimate of drug-likeness (QED) is 0.489. The molecular formula is C24H45NO2Si2. The fourth-order valence-corrected chi connectivity index (χ4v) is 5.36. The second-order valence-electron chi connectivity index (χ2n) is 12.0. The minimum Gasteiger partial charge on any atom is -0.543 e. The predicted octanol–water partition coefficient (Wildman–Crippen LogP) is 7.44. The summed E-state index contributed by atoms with van der Waals surface area (Å²) in [5.74, 6) is 2.55. The summed E-state index contributed by atoms with van der Waals surface area (Å²) in [6, 6.07) is 6.98. The lowest BCUT2D eigenvalue weighted by Crippen LogP contribution is -2.44. The van der Waals surface area contributed by atoms with E-state index < -0.39 is 16.6 Å². The second-order valence-corrected chi connectivity index (χ2v) is 21.5. The van der Waals surface area contributed by atoms with Crippen molar-refractivity contribution in [1.82, 2.24) is 0 Å². The topological polar surface area (TPSA) is 44.5 Å². The van der Waals surface area contributed by atoms with Crippen LogP contribution in [0.4, 0.5) is 0 Å². The van der Waals surface area contributed by atoms with Crippen molar-refractivity contribution in [2.45, 2.75) is 115 Å². The average Bonchev–Trinajstić information content (AvgIpc) is 2.53. The van der Waals surface area contributed by atoms with Crippen LogP contribution in [0.3, 0.4) is 0 Å². The molecule has 2 rings (SSSR count). The molecule has 0 unspecified atom stereocenters. The predicted molar refractivity (Wildman–Crippen MR) is 131 cm³/mol. The van der Waals surface area contributed by atoms with Crippen LogP contribution in [0.5, 0.6) is 11.5 Å². The molecule has 0 aliphatic heterocycles. The Labute approximate surface area is 182 Å². The maximum Gasteiger partial charge on any atom is 0.250 e. The van der Waals surface area contributed by atoms with Crippen LogP contribution >= 0.6 is 0 Å². The molecule has 166 valence electrons. The van der Waals surface area contributed by atoms with Crippen molar-refractivity contribution >= 4 is 16.6 Å². The number of nitrogens with two attached hydrogens (primary N) is 1. The minimum absolute atomic E-state index is 0.162. The highest BCUT2D eigenvalue weighted by Gasteiger charge is 2.41. The van der Waals surface area contributed by atoms with Gasteiger partial charge < -0.3 is 14.6 Å². The van der Waals surface area contributed by atoms with Crippen molar-refractivity contribution in [1.29, 1.82) is 0 Å². The lowest BCUT2D eigenvalue weighted by molar-refractivity contribution is 0.386. The lowest BCUT2D eigenvalue weighted by atomic mass is 9.82. The summed E-state index contributed by atoms with van der Waals surface area (Å²) in [5, 5.41) is 0.334. The summed E-state index contributed by atoms with van der Waals surface area (Å²) in [7, 11) is -3.83. The molecule has 0 spiro atoms. The Morgan fingerprint density at radius 3 is 1.76 bits per heavy atom. The molecule has 0 saturated heterocycles. The maximum absolute atomic E-state index is 6.86. The molecule has 0 bridgehead atoms. The molecule has 0 aromatic heterocycles. The third-order valence-electron chi connectivity index (χ3n) is 7.55. The molecule has 1 aliphatic carbocycles. The zero-order valence-electron chi connectivity index (χ0n) is 20.6. The van der Waals surface area contributed by atoms with Gasteiger partial charge in [0, 0.05) is 12.1 Å². The summed E-state index contributed by atoms with van der Waals surface area (Å²) >= 11 is 0. The van der Waals surface area contributed by atoms with Crippen LogP contribution in [0.15, 0.2) is 18.2 Å². The molecule has 0 radical (unpaired) electrons. The van der Waals surface area contributed by atoms with E-state index in [2.05, 4.69) is 85.9 Å². The highest BCUT2D eigenvalue weighted by molar-refractivity contribution is 6.75. The van der Waals surface area contributed by atoms with E-state index in [0.29, 0.717) is 12.0 Å². The van der Waals surface area contributed by atoms with E-state index in [-0.39, 0.29) is 10.1 Å². The highest BCUT2D eigenvalue weighted by Crippen LogP contribution is 2.44. The van der Waals surface area contributed by atoms with Crippen LogP contribution in [-0.4, -0.2) is 22.7 Å². The van der Waals surface area contributed by atoms with E-state index in [1.807, 2.05) is 0 Å². The molecule has 0 atom stereocenters. The Balaban J connectivity index is 2.41. The molecule has 1 aromatic rings. The first kappa shape index (κ1) is 24.5. The molecule has 2 N–H and O–H groups in total. The van der Waals surface area contributed by atoms with Crippen LogP contribution in [0, 0.1) is 0 Å². The molecule has 5 heteroatoms. The Bertz CT molecular complexity index is 694. The van der Waals surface area contributed by atoms with Gasteiger partial charge in [0.15, 0.2) is 0 Å². The molecular weight excluding hydrogens is 390 g/mol. The van der Waals surface area contributed by atoms with Crippen molar-refractivity contribution in [3.8, 4) is 11.5 Å². The number of hydrogen-bond acceptors (Lipinski definition) is 3. The van der Waals surface area contributed by atoms with E-state index in [1.54, 1.807) is 0 Å². The van der Waals surface area contributed by atoms with Gasteiger partial charge in [0.25, 0.3) is 0 Å². The number of rotatable bonds is 5. The van der Waals surface area contributed by atoms with Gasteiger partial charge in [-0.3, -0.25) is 0 Å². The van der Waals surface area contributed by atoms with E-state index in [9.17, 15) is 0 Å². The maximum atomic E-state index is 6.86. The molecule has 3 nitrogen and oxygen atoms in total. The normalized spacial score (nSPS) is 21.8. The van der Waals surface area contributed by atoms with Crippen LogP contribution in [0.2, 0.25) is 36.3 Å². The van der Waals surface area contributed by atoms with Crippen LogP contribution < -0.4 is 14.6 Å². The van der Waals surface area contributed by atoms with Crippen molar-refractivity contribution in [3.05, 3.63) is 23.8 Å². The van der Waals surface area contributed by atoms with Crippen molar-refractivity contribution in [2.24, 2.45) is 5.73 Å². The van der Waals surface area contributed by atoms with Gasteiger partial charge in [0.05, 0.1) is 0 Å². The SMILES string of the molecule is CC(C)(C)[Si](C)(C)Oc1ccc([C@H]2CC[C@H](N)CC2)c(O[Si](C)(C)C(C)(C)C)c1. The van der Waals surface area contributed by atoms with Gasteiger partial charge in [0.1, 0.15) is 11.5 Å². The Morgan fingerprint density at radius 1 is 0.793 bits per heavy atom. The number of benzene rings is 1. The van der Waals surface area contributed by atoms with E-state index in [4.69, 9.17) is 14.6 Å². The first-order valence-corrected chi connectivity index (χ1v) is 17.1. The largest absolute Gasteiger partial charge is 0.543 e. The molecule has 1 aliphatic rings. The number of hydrogen-bond donors (Lipinski definition) is 1. The van der Waals surface area contributed by atoms with E-state index >= 15 is 0 Å². The minimum atomic E-state index is -1.94. The van der Waals surface area contributed by atoms with Crippen LogP contribution in [-0.2, 0) is 0 Å². The lowest BCUT2D eigenvalue weighted by Gasteiger charge is -2.39. The van der Waals surface area contributed by atoms with Crippen molar-refractivity contribution < 1.29 is 8.85 Å². The van der Waals surface area contributed by atoms with Crippen LogP contribution in [0.1, 0.15) is 78.7 Å². The standard InChI is InChI=1S/C24H45NO2Si2/c1-23(2,3)28(7,8)26-20-15-16-21(18-11-13-19(25)14-12-18)22(17-20)27-29(9,10)24(4,5)6/h15-19H,11-14,25H2,1-10H3/t18-,19-. The van der Waals surface area contributed by atoms with E-state index in [0.717, 1.165) is 37.2 Å². The van der Waals surface area contributed by atoms with Gasteiger partial charge in [0.2, 0.25) is 16.6 Å². The monoisotopic (exact) mass is 435 g/mol. The molecule has 1 aromatic carbocycles. The molecule has 1 fully saturated rings. The van der Waals surface area contributed by atoms with Crippen molar-refractivity contribution in [3.63, 3.8) is 0 Å². The second kappa shape index (κ2) is 8.39. The highest BCUT2D eigenvalue weighted by atomic mass is 28.4. The summed E-state index contributed by atoms with van der Waals surface area (Å²) in [6.45, 7) is 23.0. The molecule has 29 heavy (non-hydrogen) atoms. The first-order chi connectivity index (χ1) is 13.0. The van der Waals surface area contributed by atoms with Gasteiger partial charge in [-0.25, -0.2) is 0 Å². The third kappa shape index (κ3) is 5.89. The van der Waals surface area contributed by atoms with Gasteiger partial charge in [-0.05, 0) is 79.5 Å². The third-order valence-corrected chi connectivity index (χ3v) is 16.2. The average molecular weight is 436 g/mol. The van der Waals surface area contributed by atoms with Crippen LogP contribution in [0.25, 0.3) is 0 Å². The fraction of sp³-hybridized carbons (Fsp3) is 0.750. The first-order valence-electron chi connectivity index (χ1n) is 11.3. The molecule has 0 heterocycles. The molecule has 0 amide bonds. The summed E-state index contributed by atoms with van der Waals surface area (Å²) in [4.78, 5) is 0. The summed E-state index contributed by atoms with van der Waals surface area (Å²) in [5.41, 5.74) is 7.52. The zero-order chi connectivity index (χ0) is 22.3. The zero-order valence-corrected chi connectivity index (χ0v) is 22.6. The van der Waals surface area contributed by atoms with E-state index in [1.165, 1.54) is 5.56 Å². The van der Waals surface area contributed by atoms with Gasteiger partial charge in [-0.2, -0.15) is 0 Å². The van der Waals surface area contributed by atoms with Crippen molar-refractivity contribution in [2.75, 3.05) is 0 Å². The molecule has 1 saturated carbocycles. The fourth-order valence-electron chi connectivity index (χ4n) is 3.31. The summed E-state index contributed by atoms with van der Waals surface area (Å²) < 4.78 is 13.5. The van der Waals surface area contributed by atoms with Gasteiger partial charge in [-0.1, -0.05) is 47.6 Å². The van der Waals surface area contributed by atoms with Gasteiger partial charge >= 0.3 is 0 Å². The Hall–Kier alpha value is -0.786. The summed E-state index contributed by atoms with van der Waals surface area (Å²) in [6.07, 6.45) is 4.51. The van der Waals surface area contributed by atoms with Gasteiger partial charge in [-0.15, -0.1) is 0 Å². The Kier molecular flexibility index (Phi) is 7.08. The smallest absolute Gasteiger partial charge is 0.250 e. The Morgan fingerprint density at radius 2 is 1.28 bits per heavy atom.